The molecule has 3 aromatic carbocycles. The first kappa shape index (κ1) is 28.7. The number of hydrogen-bond acceptors (Lipinski definition) is 6. The fourth-order valence-electron chi connectivity index (χ4n) is 4.98. The van der Waals surface area contributed by atoms with Gasteiger partial charge in [0, 0.05) is 17.7 Å². The van der Waals surface area contributed by atoms with E-state index >= 15 is 0 Å². The molecule has 1 amide bonds. The number of aliphatic hydroxyl groups excluding tert-OH is 1. The van der Waals surface area contributed by atoms with Crippen LogP contribution in [0.25, 0.3) is 5.76 Å². The second-order valence-corrected chi connectivity index (χ2v) is 10.6. The molecule has 0 radical (unpaired) electrons. The zero-order valence-corrected chi connectivity index (χ0v) is 23.6. The smallest absolute Gasteiger partial charge is 0.295 e. The number of ketones is 1. The summed E-state index contributed by atoms with van der Waals surface area (Å²) in [5.74, 6) is -0.597. The number of Topliss-reactive ketones (excluding diaryl/α,β-unsaturated/α-hetero) is 1. The van der Waals surface area contributed by atoms with Gasteiger partial charge < -0.3 is 24.2 Å². The van der Waals surface area contributed by atoms with Gasteiger partial charge in [0.15, 0.2) is 11.5 Å². The minimum absolute atomic E-state index is 0.0265. The molecular weight excluding hydrogens is 513 g/mol. The van der Waals surface area contributed by atoms with E-state index in [-0.39, 0.29) is 29.1 Å². The van der Waals surface area contributed by atoms with Crippen LogP contribution in [0.1, 0.15) is 49.1 Å². The molecule has 210 valence electrons. The lowest BCUT2D eigenvalue weighted by Crippen LogP contribution is -2.31. The largest absolute Gasteiger partial charge is 0.507 e. The molecule has 0 aromatic heterocycles. The van der Waals surface area contributed by atoms with Gasteiger partial charge in [0.1, 0.15) is 17.3 Å². The van der Waals surface area contributed by atoms with E-state index in [1.54, 1.807) is 55.6 Å². The highest BCUT2D eigenvalue weighted by Crippen LogP contribution is 2.43. The maximum Gasteiger partial charge on any atom is 0.295 e. The molecule has 1 aliphatic rings. The topological polar surface area (TPSA) is 85.3 Å². The van der Waals surface area contributed by atoms with E-state index in [0.717, 1.165) is 11.1 Å². The minimum Gasteiger partial charge on any atom is -0.507 e. The van der Waals surface area contributed by atoms with Crippen molar-refractivity contribution >= 4 is 17.4 Å². The van der Waals surface area contributed by atoms with Crippen molar-refractivity contribution in [2.24, 2.45) is 0 Å². The first-order valence-corrected chi connectivity index (χ1v) is 12.9. The highest BCUT2D eigenvalue weighted by Gasteiger charge is 2.46. The van der Waals surface area contributed by atoms with Crippen LogP contribution < -0.4 is 14.2 Å². The Labute approximate surface area is 233 Å². The predicted octanol–water partition coefficient (Wildman–Crippen LogP) is 5.81. The van der Waals surface area contributed by atoms with Crippen LogP contribution >= 0.6 is 0 Å². The van der Waals surface area contributed by atoms with Gasteiger partial charge in [-0.15, -0.1) is 0 Å². The van der Waals surface area contributed by atoms with Gasteiger partial charge in [-0.2, -0.15) is 0 Å². The molecule has 0 saturated carbocycles. The molecule has 1 fully saturated rings. The average Bonchev–Trinajstić information content (AvgIpc) is 3.20. The van der Waals surface area contributed by atoms with Crippen LogP contribution in [0.4, 0.5) is 4.39 Å². The molecule has 3 aromatic rings. The summed E-state index contributed by atoms with van der Waals surface area (Å²) >= 11 is 0. The quantitative estimate of drug-likeness (QED) is 0.218. The standard InChI is InChI=1S/C32H34FNO6/c1-32(2,3)23-17-21(10-13-24(23)38-4)29(35)27-28(20-9-14-25(39-5)26(18-20)40-6)34(31(37)30(27)36)16-15-19-7-11-22(33)12-8-19/h7-14,17-18,28,35H,15-16H2,1-6H3/b29-27+. The lowest BCUT2D eigenvalue weighted by atomic mass is 9.84. The number of nitrogens with zero attached hydrogens (tertiary/aromatic N) is 1. The third-order valence-electron chi connectivity index (χ3n) is 7.10. The van der Waals surface area contributed by atoms with Crippen LogP contribution in [0, 0.1) is 5.82 Å². The Hall–Kier alpha value is -4.33. The lowest BCUT2D eigenvalue weighted by molar-refractivity contribution is -0.139. The van der Waals surface area contributed by atoms with E-state index in [1.807, 2.05) is 20.8 Å². The van der Waals surface area contributed by atoms with Crippen molar-refractivity contribution in [3.05, 3.63) is 94.3 Å². The number of carbonyl (C=O) groups excluding carboxylic acids is 2. The summed E-state index contributed by atoms with van der Waals surface area (Å²) in [6.45, 7) is 6.23. The van der Waals surface area contributed by atoms with Crippen LogP contribution in [0.3, 0.4) is 0 Å². The molecule has 1 unspecified atom stereocenters. The highest BCUT2D eigenvalue weighted by molar-refractivity contribution is 6.46. The van der Waals surface area contributed by atoms with Gasteiger partial charge >= 0.3 is 0 Å². The number of ether oxygens (including phenoxy) is 3. The van der Waals surface area contributed by atoms with E-state index in [4.69, 9.17) is 14.2 Å². The maximum absolute atomic E-state index is 13.5. The van der Waals surface area contributed by atoms with Gasteiger partial charge in [-0.3, -0.25) is 9.59 Å². The van der Waals surface area contributed by atoms with E-state index in [2.05, 4.69) is 0 Å². The Balaban J connectivity index is 1.86. The molecule has 1 aliphatic heterocycles. The van der Waals surface area contributed by atoms with Crippen LogP contribution in [-0.2, 0) is 21.4 Å². The van der Waals surface area contributed by atoms with Crippen LogP contribution in [0.15, 0.2) is 66.2 Å². The highest BCUT2D eigenvalue weighted by atomic mass is 19.1. The van der Waals surface area contributed by atoms with E-state index in [1.165, 1.54) is 31.3 Å². The molecule has 0 spiro atoms. The minimum atomic E-state index is -0.888. The van der Waals surface area contributed by atoms with Crippen LogP contribution in [0.5, 0.6) is 17.2 Å². The molecular formula is C32H34FNO6. The number of likely N-dealkylation sites (tertiary alicyclic amines) is 1. The fourth-order valence-corrected chi connectivity index (χ4v) is 4.98. The van der Waals surface area contributed by atoms with E-state index in [0.29, 0.717) is 34.8 Å². The Kier molecular flexibility index (Phi) is 8.18. The third kappa shape index (κ3) is 5.52. The molecule has 1 atom stereocenters. The maximum atomic E-state index is 13.5. The number of hydrogen-bond donors (Lipinski definition) is 1. The molecule has 0 aliphatic carbocycles. The summed E-state index contributed by atoms with van der Waals surface area (Å²) in [6, 6.07) is 15.4. The van der Waals surface area contributed by atoms with E-state index in [9.17, 15) is 19.1 Å². The summed E-state index contributed by atoms with van der Waals surface area (Å²) in [4.78, 5) is 28.4. The Morgan fingerprint density at radius 2 is 1.50 bits per heavy atom. The van der Waals surface area contributed by atoms with Crippen LogP contribution in [-0.4, -0.2) is 49.6 Å². The van der Waals surface area contributed by atoms with Gasteiger partial charge in [-0.1, -0.05) is 39.0 Å². The zero-order valence-electron chi connectivity index (χ0n) is 23.6. The van der Waals surface area contributed by atoms with Gasteiger partial charge in [0.05, 0.1) is 32.9 Å². The average molecular weight is 548 g/mol. The first-order chi connectivity index (χ1) is 19.0. The summed E-state index contributed by atoms with van der Waals surface area (Å²) in [5.41, 5.74) is 2.27. The zero-order chi connectivity index (χ0) is 29.2. The van der Waals surface area contributed by atoms with Crippen LogP contribution in [0.2, 0.25) is 0 Å². The molecule has 0 bridgehead atoms. The molecule has 4 rings (SSSR count). The normalized spacial score (nSPS) is 16.8. The van der Waals surface area contributed by atoms with Crippen molar-refractivity contribution in [3.8, 4) is 17.2 Å². The molecule has 40 heavy (non-hydrogen) atoms. The summed E-state index contributed by atoms with van der Waals surface area (Å²) in [5, 5.41) is 11.6. The summed E-state index contributed by atoms with van der Waals surface area (Å²) in [7, 11) is 4.59. The predicted molar refractivity (Wildman–Crippen MR) is 150 cm³/mol. The summed E-state index contributed by atoms with van der Waals surface area (Å²) < 4.78 is 29.8. The number of amides is 1. The van der Waals surface area contributed by atoms with Crippen molar-refractivity contribution in [1.29, 1.82) is 0 Å². The van der Waals surface area contributed by atoms with Crippen molar-refractivity contribution < 1.29 is 33.3 Å². The molecule has 1 N–H and O–H groups in total. The monoisotopic (exact) mass is 547 g/mol. The van der Waals surface area contributed by atoms with Gasteiger partial charge in [0.2, 0.25) is 0 Å². The summed E-state index contributed by atoms with van der Waals surface area (Å²) in [6.07, 6.45) is 0.383. The van der Waals surface area contributed by atoms with Gasteiger partial charge in [0.25, 0.3) is 11.7 Å². The lowest BCUT2D eigenvalue weighted by Gasteiger charge is -2.26. The number of aliphatic hydroxyl groups is 1. The Bertz CT molecular complexity index is 1460. The molecule has 1 heterocycles. The van der Waals surface area contributed by atoms with Gasteiger partial charge in [-0.25, -0.2) is 4.39 Å². The first-order valence-electron chi connectivity index (χ1n) is 12.9. The number of benzene rings is 3. The van der Waals surface area contributed by atoms with E-state index < -0.39 is 17.7 Å². The fraction of sp³-hybridized carbons (Fsp3) is 0.312. The number of halogens is 1. The second kappa shape index (κ2) is 11.4. The van der Waals surface area contributed by atoms with Crippen molar-refractivity contribution in [2.75, 3.05) is 27.9 Å². The van der Waals surface area contributed by atoms with Crippen molar-refractivity contribution in [1.82, 2.24) is 4.90 Å². The molecule has 8 heteroatoms. The number of carbonyl (C=O) groups is 2. The second-order valence-electron chi connectivity index (χ2n) is 10.6. The van der Waals surface area contributed by atoms with Crippen molar-refractivity contribution in [3.63, 3.8) is 0 Å². The third-order valence-corrected chi connectivity index (χ3v) is 7.10. The number of rotatable bonds is 8. The number of methoxy groups -OCH3 is 3. The van der Waals surface area contributed by atoms with Gasteiger partial charge in [-0.05, 0) is 65.4 Å². The molecule has 7 nitrogen and oxygen atoms in total. The Morgan fingerprint density at radius 1 is 0.875 bits per heavy atom. The molecule has 1 saturated heterocycles. The SMILES string of the molecule is COc1ccc(C2/C(=C(\O)c3ccc(OC)c(C(C)(C)C)c3)C(=O)C(=O)N2CCc2ccc(F)cc2)cc1OC. The Morgan fingerprint density at radius 3 is 2.10 bits per heavy atom. The van der Waals surface area contributed by atoms with Crippen molar-refractivity contribution in [2.45, 2.75) is 38.6 Å².